The Morgan fingerprint density at radius 2 is 1.76 bits per heavy atom. The van der Waals surface area contributed by atoms with E-state index in [2.05, 4.69) is 5.32 Å². The van der Waals surface area contributed by atoms with Crippen LogP contribution in [0.2, 0.25) is 0 Å². The van der Waals surface area contributed by atoms with E-state index in [1.165, 1.54) is 17.8 Å². The second-order valence-electron chi connectivity index (χ2n) is 4.48. The Morgan fingerprint density at radius 3 is 2.29 bits per heavy atom. The Bertz CT molecular complexity index is 475. The molecule has 0 saturated heterocycles. The summed E-state index contributed by atoms with van der Waals surface area (Å²) in [7, 11) is 0. The molecule has 1 rings (SSSR count). The van der Waals surface area contributed by atoms with E-state index >= 15 is 0 Å². The van der Waals surface area contributed by atoms with Crippen LogP contribution in [0.25, 0.3) is 0 Å². The summed E-state index contributed by atoms with van der Waals surface area (Å²) < 4.78 is 25.7. The quantitative estimate of drug-likeness (QED) is 0.517. The number of carbonyl (C=O) groups excluding carboxylic acids is 1. The van der Waals surface area contributed by atoms with Crippen LogP contribution in [0.15, 0.2) is 23.1 Å². The first-order valence-corrected chi connectivity index (χ1v) is 7.16. The van der Waals surface area contributed by atoms with E-state index in [0.717, 1.165) is 12.1 Å². The zero-order valence-electron chi connectivity index (χ0n) is 11.2. The molecule has 0 radical (unpaired) electrons. The summed E-state index contributed by atoms with van der Waals surface area (Å²) in [5.41, 5.74) is -1.45. The summed E-state index contributed by atoms with van der Waals surface area (Å²) >= 11 is 1.17. The molecule has 0 spiro atoms. The van der Waals surface area contributed by atoms with Crippen molar-refractivity contribution in [2.75, 3.05) is 25.6 Å². The van der Waals surface area contributed by atoms with Crippen LogP contribution in [0.3, 0.4) is 0 Å². The van der Waals surface area contributed by atoms with Crippen LogP contribution in [0.1, 0.15) is 6.42 Å². The highest BCUT2D eigenvalue weighted by atomic mass is 32.2. The van der Waals surface area contributed by atoms with Gasteiger partial charge < -0.3 is 20.6 Å². The van der Waals surface area contributed by atoms with Gasteiger partial charge in [0, 0.05) is 17.1 Å². The van der Waals surface area contributed by atoms with Crippen LogP contribution < -0.4 is 5.32 Å². The second-order valence-corrected chi connectivity index (χ2v) is 5.65. The van der Waals surface area contributed by atoms with Crippen molar-refractivity contribution in [1.29, 1.82) is 0 Å². The minimum atomic E-state index is -1.45. The van der Waals surface area contributed by atoms with E-state index in [9.17, 15) is 13.6 Å². The third kappa shape index (κ3) is 5.24. The van der Waals surface area contributed by atoms with Gasteiger partial charge >= 0.3 is 0 Å². The van der Waals surface area contributed by atoms with Crippen LogP contribution in [0.5, 0.6) is 0 Å². The van der Waals surface area contributed by atoms with E-state index in [1.54, 1.807) is 0 Å². The molecular formula is C13H17F2NO4S. The molecule has 0 bridgehead atoms. The van der Waals surface area contributed by atoms with E-state index < -0.39 is 42.9 Å². The molecular weight excluding hydrogens is 304 g/mol. The average molecular weight is 321 g/mol. The summed E-state index contributed by atoms with van der Waals surface area (Å²) in [5, 5.41) is 29.6. The first-order chi connectivity index (χ1) is 9.96. The fourth-order valence-corrected chi connectivity index (χ4v) is 2.33. The summed E-state index contributed by atoms with van der Waals surface area (Å²) in [4.78, 5) is 12.1. The SMILES string of the molecule is O=C(CCSc1ccc(F)c(F)c1)NC(CO)(CO)CO. The zero-order chi connectivity index (χ0) is 15.9. The number of halogens is 2. The standard InChI is InChI=1S/C13H17F2NO4S/c14-10-2-1-9(5-11(10)15)21-4-3-12(20)16-13(6-17,7-18)8-19/h1-2,5,17-19H,3-4,6-8H2,(H,16,20). The van der Waals surface area contributed by atoms with Crippen LogP contribution in [0, 0.1) is 11.6 Å². The van der Waals surface area contributed by atoms with Crippen LogP contribution >= 0.6 is 11.8 Å². The maximum atomic E-state index is 13.0. The minimum Gasteiger partial charge on any atom is -0.394 e. The normalized spacial score (nSPS) is 11.5. The molecule has 0 aromatic heterocycles. The maximum Gasteiger partial charge on any atom is 0.221 e. The molecule has 8 heteroatoms. The van der Waals surface area contributed by atoms with Crippen LogP contribution in [-0.4, -0.2) is 52.3 Å². The van der Waals surface area contributed by atoms with Crippen molar-refractivity contribution in [2.45, 2.75) is 16.9 Å². The molecule has 0 heterocycles. The number of hydrogen-bond acceptors (Lipinski definition) is 5. The van der Waals surface area contributed by atoms with E-state index in [1.807, 2.05) is 0 Å². The smallest absolute Gasteiger partial charge is 0.221 e. The van der Waals surface area contributed by atoms with Gasteiger partial charge in [-0.3, -0.25) is 4.79 Å². The lowest BCUT2D eigenvalue weighted by atomic mass is 10.0. The fraction of sp³-hybridized carbons (Fsp3) is 0.462. The number of benzene rings is 1. The molecule has 21 heavy (non-hydrogen) atoms. The highest BCUT2D eigenvalue weighted by Gasteiger charge is 2.29. The number of amides is 1. The minimum absolute atomic E-state index is 0.0331. The summed E-state index contributed by atoms with van der Waals surface area (Å²) in [5.74, 6) is -2.06. The number of thioether (sulfide) groups is 1. The van der Waals surface area contributed by atoms with Crippen molar-refractivity contribution in [3.63, 3.8) is 0 Å². The summed E-state index contributed by atoms with van der Waals surface area (Å²) in [6.07, 6.45) is 0.0331. The lowest BCUT2D eigenvalue weighted by Gasteiger charge is -2.28. The monoisotopic (exact) mass is 321 g/mol. The Labute approximate surface area is 125 Å². The molecule has 0 atom stereocenters. The van der Waals surface area contributed by atoms with Gasteiger partial charge in [-0.2, -0.15) is 0 Å². The summed E-state index contributed by atoms with van der Waals surface area (Å²) in [6, 6.07) is 3.45. The number of aliphatic hydroxyl groups excluding tert-OH is 3. The Balaban J connectivity index is 2.44. The lowest BCUT2D eigenvalue weighted by molar-refractivity contribution is -0.124. The third-order valence-electron chi connectivity index (χ3n) is 2.80. The van der Waals surface area contributed by atoms with Gasteiger partial charge in [0.15, 0.2) is 11.6 Å². The highest BCUT2D eigenvalue weighted by molar-refractivity contribution is 7.99. The van der Waals surface area contributed by atoms with Crippen molar-refractivity contribution < 1.29 is 28.9 Å². The highest BCUT2D eigenvalue weighted by Crippen LogP contribution is 2.21. The van der Waals surface area contributed by atoms with Crippen LogP contribution in [0.4, 0.5) is 8.78 Å². The van der Waals surface area contributed by atoms with Crippen molar-refractivity contribution in [2.24, 2.45) is 0 Å². The largest absolute Gasteiger partial charge is 0.394 e. The number of hydrogen-bond donors (Lipinski definition) is 4. The Kier molecular flexibility index (Phi) is 7.03. The van der Waals surface area contributed by atoms with Gasteiger partial charge in [0.1, 0.15) is 5.54 Å². The van der Waals surface area contributed by atoms with Gasteiger partial charge in [-0.05, 0) is 18.2 Å². The van der Waals surface area contributed by atoms with Gasteiger partial charge in [-0.25, -0.2) is 8.78 Å². The molecule has 0 fully saturated rings. The van der Waals surface area contributed by atoms with E-state index in [4.69, 9.17) is 15.3 Å². The maximum absolute atomic E-state index is 13.0. The van der Waals surface area contributed by atoms with Crippen molar-refractivity contribution >= 4 is 17.7 Å². The van der Waals surface area contributed by atoms with E-state index in [0.29, 0.717) is 10.6 Å². The van der Waals surface area contributed by atoms with Crippen molar-refractivity contribution in [3.8, 4) is 0 Å². The zero-order valence-corrected chi connectivity index (χ0v) is 12.0. The number of aliphatic hydroxyl groups is 3. The van der Waals surface area contributed by atoms with Crippen LogP contribution in [-0.2, 0) is 4.79 Å². The molecule has 4 N–H and O–H groups in total. The van der Waals surface area contributed by atoms with Gasteiger partial charge in [0.25, 0.3) is 0 Å². The second kappa shape index (κ2) is 8.28. The molecule has 1 aromatic rings. The first-order valence-electron chi connectivity index (χ1n) is 6.18. The Morgan fingerprint density at radius 1 is 1.14 bits per heavy atom. The molecule has 118 valence electrons. The average Bonchev–Trinajstić information content (AvgIpc) is 2.48. The van der Waals surface area contributed by atoms with Gasteiger partial charge in [-0.1, -0.05) is 0 Å². The first kappa shape index (κ1) is 17.8. The fourth-order valence-electron chi connectivity index (χ4n) is 1.46. The Hall–Kier alpha value is -1.22. The van der Waals surface area contributed by atoms with Crippen molar-refractivity contribution in [1.82, 2.24) is 5.32 Å². The summed E-state index contributed by atoms with van der Waals surface area (Å²) in [6.45, 7) is -1.79. The number of nitrogens with one attached hydrogen (secondary N) is 1. The molecule has 1 amide bonds. The lowest BCUT2D eigenvalue weighted by Crippen LogP contribution is -2.57. The topological polar surface area (TPSA) is 89.8 Å². The number of rotatable bonds is 8. The van der Waals surface area contributed by atoms with Gasteiger partial charge in [-0.15, -0.1) is 11.8 Å². The molecule has 0 aliphatic heterocycles. The van der Waals surface area contributed by atoms with Crippen molar-refractivity contribution in [3.05, 3.63) is 29.8 Å². The van der Waals surface area contributed by atoms with Gasteiger partial charge in [0.05, 0.1) is 19.8 Å². The molecule has 1 aromatic carbocycles. The van der Waals surface area contributed by atoms with Gasteiger partial charge in [0.2, 0.25) is 5.91 Å². The third-order valence-corrected chi connectivity index (χ3v) is 3.80. The molecule has 0 unspecified atom stereocenters. The predicted octanol–water partition coefficient (Wildman–Crippen LogP) is 0.279. The molecule has 5 nitrogen and oxygen atoms in total. The predicted molar refractivity (Wildman–Crippen MR) is 73.8 cm³/mol. The van der Waals surface area contributed by atoms with E-state index in [-0.39, 0.29) is 6.42 Å². The molecule has 0 aliphatic rings. The number of carbonyl (C=O) groups is 1. The molecule has 0 aliphatic carbocycles. The molecule has 0 saturated carbocycles.